The summed E-state index contributed by atoms with van der Waals surface area (Å²) in [4.78, 5) is 13.7. The zero-order chi connectivity index (χ0) is 13.8. The summed E-state index contributed by atoms with van der Waals surface area (Å²) in [6.45, 7) is 4.55. The molecule has 1 aromatic carbocycles. The standard InChI is InChI=1S/C14H20BrNO2/c1-14(2,13(17)18-4)16(3)9-8-11-6-5-7-12(15)10-11/h5-7,10H,8-9H2,1-4H3. The fourth-order valence-electron chi connectivity index (χ4n) is 1.67. The highest BCUT2D eigenvalue weighted by Crippen LogP contribution is 2.16. The van der Waals surface area contributed by atoms with Gasteiger partial charge in [0.1, 0.15) is 5.54 Å². The highest BCUT2D eigenvalue weighted by molar-refractivity contribution is 9.10. The van der Waals surface area contributed by atoms with Gasteiger partial charge < -0.3 is 4.74 Å². The van der Waals surface area contributed by atoms with Gasteiger partial charge in [-0.1, -0.05) is 28.1 Å². The van der Waals surface area contributed by atoms with Crippen molar-refractivity contribution in [3.63, 3.8) is 0 Å². The Morgan fingerprint density at radius 3 is 2.67 bits per heavy atom. The first-order valence-electron chi connectivity index (χ1n) is 5.92. The topological polar surface area (TPSA) is 29.5 Å². The molecule has 0 aromatic heterocycles. The third-order valence-electron chi connectivity index (χ3n) is 3.26. The van der Waals surface area contributed by atoms with Gasteiger partial charge in [0.25, 0.3) is 0 Å². The van der Waals surface area contributed by atoms with Crippen LogP contribution in [0.2, 0.25) is 0 Å². The minimum absolute atomic E-state index is 0.209. The van der Waals surface area contributed by atoms with Gasteiger partial charge in [0, 0.05) is 11.0 Å². The van der Waals surface area contributed by atoms with Gasteiger partial charge >= 0.3 is 5.97 Å². The number of esters is 1. The number of carbonyl (C=O) groups is 1. The number of hydrogen-bond acceptors (Lipinski definition) is 3. The number of rotatable bonds is 5. The van der Waals surface area contributed by atoms with Crippen molar-refractivity contribution < 1.29 is 9.53 Å². The fourth-order valence-corrected chi connectivity index (χ4v) is 2.12. The predicted molar refractivity (Wildman–Crippen MR) is 76.6 cm³/mol. The molecule has 0 aliphatic rings. The molecule has 3 nitrogen and oxygen atoms in total. The molecule has 0 heterocycles. The maximum Gasteiger partial charge on any atom is 0.325 e. The van der Waals surface area contributed by atoms with E-state index in [4.69, 9.17) is 4.74 Å². The zero-order valence-electron chi connectivity index (χ0n) is 11.4. The molecule has 0 atom stereocenters. The number of carbonyl (C=O) groups excluding carboxylic acids is 1. The molecule has 18 heavy (non-hydrogen) atoms. The van der Waals surface area contributed by atoms with E-state index in [1.165, 1.54) is 12.7 Å². The van der Waals surface area contributed by atoms with Crippen LogP contribution >= 0.6 is 15.9 Å². The zero-order valence-corrected chi connectivity index (χ0v) is 13.0. The second-order valence-corrected chi connectivity index (χ2v) is 5.77. The number of likely N-dealkylation sites (N-methyl/N-ethyl adjacent to an activating group) is 1. The van der Waals surface area contributed by atoms with Crippen LogP contribution in [0.4, 0.5) is 0 Å². The molecule has 0 radical (unpaired) electrons. The second kappa shape index (κ2) is 6.34. The van der Waals surface area contributed by atoms with Crippen LogP contribution in [0.3, 0.4) is 0 Å². The van der Waals surface area contributed by atoms with Crippen LogP contribution in [0.25, 0.3) is 0 Å². The van der Waals surface area contributed by atoms with E-state index in [1.807, 2.05) is 37.9 Å². The molecule has 1 aromatic rings. The summed E-state index contributed by atoms with van der Waals surface area (Å²) in [5, 5.41) is 0. The van der Waals surface area contributed by atoms with Crippen molar-refractivity contribution in [1.82, 2.24) is 4.90 Å². The first-order chi connectivity index (χ1) is 8.37. The van der Waals surface area contributed by atoms with Gasteiger partial charge in [-0.2, -0.15) is 0 Å². The second-order valence-electron chi connectivity index (χ2n) is 4.85. The van der Waals surface area contributed by atoms with Crippen molar-refractivity contribution in [2.45, 2.75) is 25.8 Å². The van der Waals surface area contributed by atoms with Crippen LogP contribution in [0.5, 0.6) is 0 Å². The van der Waals surface area contributed by atoms with Gasteiger partial charge in [-0.25, -0.2) is 0 Å². The first kappa shape index (κ1) is 15.2. The molecule has 100 valence electrons. The summed E-state index contributed by atoms with van der Waals surface area (Å²) in [5.74, 6) is -0.209. The van der Waals surface area contributed by atoms with E-state index in [1.54, 1.807) is 0 Å². The number of methoxy groups -OCH3 is 1. The SMILES string of the molecule is COC(=O)C(C)(C)N(C)CCc1cccc(Br)c1. The number of halogens is 1. The van der Waals surface area contributed by atoms with E-state index >= 15 is 0 Å². The molecule has 0 amide bonds. The summed E-state index contributed by atoms with van der Waals surface area (Å²) in [6.07, 6.45) is 0.899. The van der Waals surface area contributed by atoms with Crippen LogP contribution in [-0.2, 0) is 16.0 Å². The van der Waals surface area contributed by atoms with Crippen LogP contribution in [0, 0.1) is 0 Å². The molecule has 0 bridgehead atoms. The van der Waals surface area contributed by atoms with Crippen molar-refractivity contribution in [1.29, 1.82) is 0 Å². The average molecular weight is 314 g/mol. The van der Waals surface area contributed by atoms with Crippen molar-refractivity contribution in [2.24, 2.45) is 0 Å². The Labute approximate surface area is 117 Å². The Hall–Kier alpha value is -0.870. The Morgan fingerprint density at radius 2 is 2.11 bits per heavy atom. The molecule has 0 fully saturated rings. The van der Waals surface area contributed by atoms with Gasteiger partial charge in [-0.05, 0) is 45.0 Å². The van der Waals surface area contributed by atoms with Crippen molar-refractivity contribution in [3.05, 3.63) is 34.3 Å². The average Bonchev–Trinajstić information content (AvgIpc) is 2.34. The Morgan fingerprint density at radius 1 is 1.44 bits per heavy atom. The van der Waals surface area contributed by atoms with E-state index < -0.39 is 5.54 Å². The number of benzene rings is 1. The normalized spacial score (nSPS) is 11.7. The van der Waals surface area contributed by atoms with Gasteiger partial charge in [0.2, 0.25) is 0 Å². The molecule has 0 saturated heterocycles. The molecule has 0 N–H and O–H groups in total. The third kappa shape index (κ3) is 3.82. The Balaban J connectivity index is 2.61. The highest BCUT2D eigenvalue weighted by Gasteiger charge is 2.32. The fraction of sp³-hybridized carbons (Fsp3) is 0.500. The predicted octanol–water partition coefficient (Wildman–Crippen LogP) is 2.88. The largest absolute Gasteiger partial charge is 0.468 e. The van der Waals surface area contributed by atoms with Crippen molar-refractivity contribution in [2.75, 3.05) is 20.7 Å². The molecule has 0 unspecified atom stereocenters. The molecular formula is C14H20BrNO2. The van der Waals surface area contributed by atoms with Crippen molar-refractivity contribution >= 4 is 21.9 Å². The molecule has 0 aliphatic carbocycles. The number of nitrogens with zero attached hydrogens (tertiary/aromatic N) is 1. The molecule has 0 aliphatic heterocycles. The Bertz CT molecular complexity index is 418. The van der Waals surface area contributed by atoms with Gasteiger partial charge in [0.05, 0.1) is 7.11 Å². The van der Waals surface area contributed by atoms with Gasteiger partial charge in [-0.15, -0.1) is 0 Å². The lowest BCUT2D eigenvalue weighted by atomic mass is 10.0. The lowest BCUT2D eigenvalue weighted by molar-refractivity contribution is -0.152. The van der Waals surface area contributed by atoms with Crippen LogP contribution < -0.4 is 0 Å². The first-order valence-corrected chi connectivity index (χ1v) is 6.71. The third-order valence-corrected chi connectivity index (χ3v) is 3.76. The van der Waals surface area contributed by atoms with E-state index in [-0.39, 0.29) is 5.97 Å². The number of hydrogen-bond donors (Lipinski definition) is 0. The summed E-state index contributed by atoms with van der Waals surface area (Å²) in [7, 11) is 3.36. The lowest BCUT2D eigenvalue weighted by Crippen LogP contribution is -2.49. The molecule has 0 spiro atoms. The van der Waals surface area contributed by atoms with Crippen molar-refractivity contribution in [3.8, 4) is 0 Å². The smallest absolute Gasteiger partial charge is 0.325 e. The van der Waals surface area contributed by atoms with E-state index in [2.05, 4.69) is 28.1 Å². The summed E-state index contributed by atoms with van der Waals surface area (Å²) < 4.78 is 5.90. The summed E-state index contributed by atoms with van der Waals surface area (Å²) in [6, 6.07) is 8.21. The van der Waals surface area contributed by atoms with Crippen LogP contribution in [-0.4, -0.2) is 37.1 Å². The van der Waals surface area contributed by atoms with E-state index in [9.17, 15) is 4.79 Å². The minimum atomic E-state index is -0.596. The lowest BCUT2D eigenvalue weighted by Gasteiger charge is -2.32. The summed E-state index contributed by atoms with van der Waals surface area (Å²) >= 11 is 3.46. The highest BCUT2D eigenvalue weighted by atomic mass is 79.9. The molecular weight excluding hydrogens is 294 g/mol. The maximum atomic E-state index is 11.7. The molecule has 0 saturated carbocycles. The minimum Gasteiger partial charge on any atom is -0.468 e. The van der Waals surface area contributed by atoms with E-state index in [0.29, 0.717) is 0 Å². The summed E-state index contributed by atoms with van der Waals surface area (Å²) in [5.41, 5.74) is 0.651. The van der Waals surface area contributed by atoms with Gasteiger partial charge in [0.15, 0.2) is 0 Å². The monoisotopic (exact) mass is 313 g/mol. The quantitative estimate of drug-likeness (QED) is 0.783. The van der Waals surface area contributed by atoms with Gasteiger partial charge in [-0.3, -0.25) is 9.69 Å². The molecule has 4 heteroatoms. The van der Waals surface area contributed by atoms with Crippen LogP contribution in [0.1, 0.15) is 19.4 Å². The van der Waals surface area contributed by atoms with E-state index in [0.717, 1.165) is 17.4 Å². The Kier molecular flexibility index (Phi) is 5.35. The molecule has 1 rings (SSSR count). The number of ether oxygens (including phenoxy) is 1. The maximum absolute atomic E-state index is 11.7. The van der Waals surface area contributed by atoms with Crippen LogP contribution in [0.15, 0.2) is 28.7 Å².